The first kappa shape index (κ1) is 10.6. The molecule has 1 aromatic rings. The van der Waals surface area contributed by atoms with Gasteiger partial charge in [-0.2, -0.15) is 0 Å². The average Bonchev–Trinajstić information content (AvgIpc) is 2.66. The summed E-state index contributed by atoms with van der Waals surface area (Å²) in [4.78, 5) is 12.7. The normalized spacial score (nSPS) is 17.7. The van der Waals surface area contributed by atoms with E-state index in [1.54, 1.807) is 0 Å². The lowest BCUT2D eigenvalue weighted by atomic mass is 10.1. The van der Waals surface area contributed by atoms with Crippen molar-refractivity contribution in [2.75, 3.05) is 13.2 Å². The van der Waals surface area contributed by atoms with Crippen LogP contribution in [-0.4, -0.2) is 25.2 Å². The molecule has 82 valence electrons. The molecule has 0 radical (unpaired) electrons. The molecule has 0 bridgehead atoms. The van der Waals surface area contributed by atoms with Crippen molar-refractivity contribution in [2.24, 2.45) is 0 Å². The van der Waals surface area contributed by atoms with Crippen molar-refractivity contribution in [1.29, 1.82) is 0 Å². The summed E-state index contributed by atoms with van der Waals surface area (Å²) in [5.41, 5.74) is 1.06. The zero-order valence-corrected chi connectivity index (χ0v) is 9.60. The standard InChI is InChI=1S/C11H15NO2S/c1-8-4-7-15-10(8)11(13)12-9-2-5-14-6-3-9/h4,7,9H,2-3,5-6H2,1H3,(H,12,13). The first-order valence-electron chi connectivity index (χ1n) is 5.20. The van der Waals surface area contributed by atoms with Crippen molar-refractivity contribution < 1.29 is 9.53 Å². The molecular weight excluding hydrogens is 210 g/mol. The van der Waals surface area contributed by atoms with Crippen LogP contribution >= 0.6 is 11.3 Å². The molecule has 15 heavy (non-hydrogen) atoms. The van der Waals surface area contributed by atoms with Gasteiger partial charge in [0.1, 0.15) is 0 Å². The third-order valence-corrected chi connectivity index (χ3v) is 3.64. The lowest BCUT2D eigenvalue weighted by Gasteiger charge is -2.22. The molecule has 1 aromatic heterocycles. The summed E-state index contributed by atoms with van der Waals surface area (Å²) in [7, 11) is 0. The fraction of sp³-hybridized carbons (Fsp3) is 0.545. The minimum atomic E-state index is 0.0643. The van der Waals surface area contributed by atoms with Crippen LogP contribution in [0, 0.1) is 6.92 Å². The number of amides is 1. The molecule has 3 nitrogen and oxygen atoms in total. The Kier molecular flexibility index (Phi) is 3.38. The minimum Gasteiger partial charge on any atom is -0.381 e. The zero-order valence-electron chi connectivity index (χ0n) is 8.79. The number of hydrogen-bond donors (Lipinski definition) is 1. The summed E-state index contributed by atoms with van der Waals surface area (Å²) >= 11 is 1.50. The van der Waals surface area contributed by atoms with Gasteiger partial charge in [-0.25, -0.2) is 0 Å². The number of thiophene rings is 1. The van der Waals surface area contributed by atoms with E-state index in [1.807, 2.05) is 18.4 Å². The number of hydrogen-bond acceptors (Lipinski definition) is 3. The van der Waals surface area contributed by atoms with Crippen LogP contribution in [0.1, 0.15) is 28.1 Å². The molecule has 1 fully saturated rings. The van der Waals surface area contributed by atoms with E-state index in [4.69, 9.17) is 4.74 Å². The molecular formula is C11H15NO2S. The van der Waals surface area contributed by atoms with Gasteiger partial charge in [0.25, 0.3) is 5.91 Å². The van der Waals surface area contributed by atoms with Crippen LogP contribution in [0.2, 0.25) is 0 Å². The smallest absolute Gasteiger partial charge is 0.261 e. The highest BCUT2D eigenvalue weighted by Crippen LogP contribution is 2.16. The molecule has 0 aliphatic carbocycles. The summed E-state index contributed by atoms with van der Waals surface area (Å²) in [5, 5.41) is 5.01. The average molecular weight is 225 g/mol. The first-order valence-corrected chi connectivity index (χ1v) is 6.08. The van der Waals surface area contributed by atoms with Gasteiger partial charge in [-0.1, -0.05) is 0 Å². The monoisotopic (exact) mass is 225 g/mol. The van der Waals surface area contributed by atoms with Gasteiger partial charge >= 0.3 is 0 Å². The topological polar surface area (TPSA) is 38.3 Å². The second kappa shape index (κ2) is 4.77. The van der Waals surface area contributed by atoms with Gasteiger partial charge in [-0.05, 0) is 36.8 Å². The Labute approximate surface area is 93.4 Å². The van der Waals surface area contributed by atoms with E-state index in [0.717, 1.165) is 36.5 Å². The zero-order chi connectivity index (χ0) is 10.7. The Hall–Kier alpha value is -0.870. The van der Waals surface area contributed by atoms with Crippen molar-refractivity contribution in [1.82, 2.24) is 5.32 Å². The molecule has 1 saturated heterocycles. The van der Waals surface area contributed by atoms with Crippen molar-refractivity contribution in [3.05, 3.63) is 21.9 Å². The van der Waals surface area contributed by atoms with Gasteiger partial charge in [-0.15, -0.1) is 11.3 Å². The van der Waals surface area contributed by atoms with E-state index in [9.17, 15) is 4.79 Å². The lowest BCUT2D eigenvalue weighted by molar-refractivity contribution is 0.0698. The number of carbonyl (C=O) groups is 1. The van der Waals surface area contributed by atoms with E-state index in [1.165, 1.54) is 11.3 Å². The highest BCUT2D eigenvalue weighted by molar-refractivity contribution is 7.12. The van der Waals surface area contributed by atoms with Crippen LogP contribution in [-0.2, 0) is 4.74 Å². The van der Waals surface area contributed by atoms with Crippen LogP contribution in [0.15, 0.2) is 11.4 Å². The van der Waals surface area contributed by atoms with Gasteiger partial charge in [0, 0.05) is 19.3 Å². The van der Waals surface area contributed by atoms with Gasteiger partial charge in [0.2, 0.25) is 0 Å². The molecule has 2 heterocycles. The Morgan fingerprint density at radius 3 is 2.87 bits per heavy atom. The molecule has 0 unspecified atom stereocenters. The predicted molar refractivity (Wildman–Crippen MR) is 60.4 cm³/mol. The summed E-state index contributed by atoms with van der Waals surface area (Å²) in [6.45, 7) is 3.48. The molecule has 1 amide bonds. The fourth-order valence-electron chi connectivity index (χ4n) is 1.70. The molecule has 0 spiro atoms. The van der Waals surface area contributed by atoms with E-state index in [0.29, 0.717) is 0 Å². The molecule has 0 saturated carbocycles. The maximum Gasteiger partial charge on any atom is 0.261 e. The molecule has 0 atom stereocenters. The second-order valence-electron chi connectivity index (χ2n) is 3.79. The van der Waals surface area contributed by atoms with Crippen LogP contribution < -0.4 is 5.32 Å². The van der Waals surface area contributed by atoms with Crippen LogP contribution in [0.5, 0.6) is 0 Å². The minimum absolute atomic E-state index is 0.0643. The van der Waals surface area contributed by atoms with Gasteiger partial charge in [0.05, 0.1) is 4.88 Å². The van der Waals surface area contributed by atoms with Gasteiger partial charge < -0.3 is 10.1 Å². The third-order valence-electron chi connectivity index (χ3n) is 2.62. The number of nitrogens with one attached hydrogen (secondary N) is 1. The Morgan fingerprint density at radius 2 is 2.27 bits per heavy atom. The molecule has 1 aliphatic heterocycles. The molecule has 1 aliphatic rings. The highest BCUT2D eigenvalue weighted by Gasteiger charge is 2.18. The first-order chi connectivity index (χ1) is 7.27. The van der Waals surface area contributed by atoms with Crippen LogP contribution in [0.25, 0.3) is 0 Å². The van der Waals surface area contributed by atoms with Crippen molar-refractivity contribution in [2.45, 2.75) is 25.8 Å². The largest absolute Gasteiger partial charge is 0.381 e. The molecule has 0 aromatic carbocycles. The highest BCUT2D eigenvalue weighted by atomic mass is 32.1. The maximum absolute atomic E-state index is 11.9. The van der Waals surface area contributed by atoms with E-state index in [-0.39, 0.29) is 11.9 Å². The summed E-state index contributed by atoms with van der Waals surface area (Å²) in [6, 6.07) is 2.26. The van der Waals surface area contributed by atoms with E-state index in [2.05, 4.69) is 5.32 Å². The van der Waals surface area contributed by atoms with Crippen LogP contribution in [0.3, 0.4) is 0 Å². The molecule has 4 heteroatoms. The Morgan fingerprint density at radius 1 is 1.53 bits per heavy atom. The molecule has 1 N–H and O–H groups in total. The third kappa shape index (κ3) is 2.58. The van der Waals surface area contributed by atoms with Crippen molar-refractivity contribution in [3.8, 4) is 0 Å². The number of rotatable bonds is 2. The van der Waals surface area contributed by atoms with E-state index >= 15 is 0 Å². The summed E-state index contributed by atoms with van der Waals surface area (Å²) in [5.74, 6) is 0.0643. The predicted octanol–water partition coefficient (Wildman–Crippen LogP) is 1.97. The van der Waals surface area contributed by atoms with Crippen molar-refractivity contribution >= 4 is 17.2 Å². The van der Waals surface area contributed by atoms with Gasteiger partial charge in [-0.3, -0.25) is 4.79 Å². The lowest BCUT2D eigenvalue weighted by Crippen LogP contribution is -2.38. The Balaban J connectivity index is 1.94. The fourth-order valence-corrected chi connectivity index (χ4v) is 2.53. The molecule has 2 rings (SSSR count). The number of aryl methyl sites for hydroxylation is 1. The van der Waals surface area contributed by atoms with Crippen LogP contribution in [0.4, 0.5) is 0 Å². The number of carbonyl (C=O) groups excluding carboxylic acids is 1. The summed E-state index contributed by atoms with van der Waals surface area (Å²) < 4.78 is 5.25. The quantitative estimate of drug-likeness (QED) is 0.835. The SMILES string of the molecule is Cc1ccsc1C(=O)NC1CCOCC1. The summed E-state index contributed by atoms with van der Waals surface area (Å²) in [6.07, 6.45) is 1.85. The Bertz CT molecular complexity index is 342. The maximum atomic E-state index is 11.9. The van der Waals surface area contributed by atoms with E-state index < -0.39 is 0 Å². The van der Waals surface area contributed by atoms with Crippen molar-refractivity contribution in [3.63, 3.8) is 0 Å². The second-order valence-corrected chi connectivity index (χ2v) is 4.71. The number of ether oxygens (including phenoxy) is 1. The van der Waals surface area contributed by atoms with Gasteiger partial charge in [0.15, 0.2) is 0 Å².